The molecule has 0 bridgehead atoms. The van der Waals surface area contributed by atoms with Crippen LogP contribution in [-0.4, -0.2) is 49.8 Å². The second-order valence-electron chi connectivity index (χ2n) is 9.86. The minimum absolute atomic E-state index is 0.121. The fourth-order valence-electron chi connectivity index (χ4n) is 4.93. The van der Waals surface area contributed by atoms with E-state index in [0.29, 0.717) is 15.8 Å². The van der Waals surface area contributed by atoms with Crippen LogP contribution in [0, 0.1) is 0 Å². The zero-order valence-corrected chi connectivity index (χ0v) is 24.5. The van der Waals surface area contributed by atoms with Crippen molar-refractivity contribution in [3.63, 3.8) is 0 Å². The number of thioether (sulfide) groups is 2. The number of hydrogen-bond donors (Lipinski definition) is 2. The van der Waals surface area contributed by atoms with Crippen LogP contribution < -0.4 is 11.1 Å². The lowest BCUT2D eigenvalue weighted by molar-refractivity contribution is -0.154. The Kier molecular flexibility index (Phi) is 8.43. The summed E-state index contributed by atoms with van der Waals surface area (Å²) < 4.78 is 6.18. The number of carbonyl (C=O) groups excluding carboxylic acids is 3. The van der Waals surface area contributed by atoms with E-state index in [0.717, 1.165) is 16.7 Å². The van der Waals surface area contributed by atoms with Crippen LogP contribution in [0.2, 0.25) is 0 Å². The number of esters is 1. The Labute approximate surface area is 256 Å². The van der Waals surface area contributed by atoms with Crippen molar-refractivity contribution in [2.75, 3.05) is 11.5 Å². The molecule has 216 valence electrons. The van der Waals surface area contributed by atoms with Gasteiger partial charge in [-0.2, -0.15) is 0 Å². The predicted octanol–water partition coefficient (Wildman–Crippen LogP) is 4.34. The molecular weight excluding hydrogens is 583 g/mol. The first kappa shape index (κ1) is 28.5. The van der Waals surface area contributed by atoms with Crippen LogP contribution in [0.3, 0.4) is 0 Å². The molecule has 0 radical (unpaired) electrons. The maximum atomic E-state index is 14.1. The highest BCUT2D eigenvalue weighted by Gasteiger charge is 2.55. The number of nitrogens with one attached hydrogen (secondary N) is 1. The molecule has 1 saturated heterocycles. The summed E-state index contributed by atoms with van der Waals surface area (Å²) in [5, 5.41) is 2.75. The number of carbonyl (C=O) groups is 3. The second-order valence-corrected chi connectivity index (χ2v) is 12.0. The van der Waals surface area contributed by atoms with E-state index in [1.807, 2.05) is 91.0 Å². The summed E-state index contributed by atoms with van der Waals surface area (Å²) in [6, 6.07) is 29.0. The van der Waals surface area contributed by atoms with E-state index in [2.05, 4.69) is 15.3 Å². The van der Waals surface area contributed by atoms with Gasteiger partial charge >= 0.3 is 5.97 Å². The van der Waals surface area contributed by atoms with E-state index >= 15 is 0 Å². The highest BCUT2D eigenvalue weighted by atomic mass is 32.2. The molecule has 1 aromatic heterocycles. The van der Waals surface area contributed by atoms with E-state index < -0.39 is 23.5 Å². The summed E-state index contributed by atoms with van der Waals surface area (Å²) in [6.07, 6.45) is 0.981. The average molecular weight is 610 g/mol. The van der Waals surface area contributed by atoms with Gasteiger partial charge in [-0.3, -0.25) is 14.5 Å². The van der Waals surface area contributed by atoms with Gasteiger partial charge in [0.05, 0.1) is 6.42 Å². The van der Waals surface area contributed by atoms with E-state index in [4.69, 9.17) is 10.5 Å². The topological polar surface area (TPSA) is 128 Å². The van der Waals surface area contributed by atoms with Gasteiger partial charge in [0.25, 0.3) is 5.91 Å². The van der Waals surface area contributed by atoms with E-state index in [1.54, 1.807) is 6.07 Å². The first-order chi connectivity index (χ1) is 21.0. The van der Waals surface area contributed by atoms with Crippen LogP contribution >= 0.6 is 23.5 Å². The van der Waals surface area contributed by atoms with Crippen LogP contribution in [0.15, 0.2) is 119 Å². The third-order valence-corrected chi connectivity index (χ3v) is 9.38. The first-order valence-corrected chi connectivity index (χ1v) is 15.4. The lowest BCUT2D eigenvalue weighted by atomic mass is 10.0. The van der Waals surface area contributed by atoms with Crippen molar-refractivity contribution in [1.29, 1.82) is 0 Å². The molecule has 2 atom stereocenters. The molecule has 1 unspecified atom stereocenters. The molecule has 0 aliphatic carbocycles. The third kappa shape index (κ3) is 6.27. The molecule has 3 heterocycles. The van der Waals surface area contributed by atoms with Gasteiger partial charge in [0.15, 0.2) is 11.3 Å². The van der Waals surface area contributed by atoms with Crippen molar-refractivity contribution >= 4 is 47.1 Å². The van der Waals surface area contributed by atoms with Crippen LogP contribution in [0.1, 0.15) is 22.8 Å². The van der Waals surface area contributed by atoms with E-state index in [9.17, 15) is 14.4 Å². The number of aromatic nitrogens is 2. The number of nitrogen functional groups attached to an aromatic ring is 1. The quantitative estimate of drug-likeness (QED) is 0.162. The monoisotopic (exact) mass is 609 g/mol. The van der Waals surface area contributed by atoms with Gasteiger partial charge in [-0.25, -0.2) is 14.8 Å². The largest absolute Gasteiger partial charge is 0.448 e. The zero-order valence-electron chi connectivity index (χ0n) is 22.8. The molecule has 0 saturated carbocycles. The van der Waals surface area contributed by atoms with Crippen molar-refractivity contribution in [1.82, 2.24) is 20.2 Å². The molecule has 2 aliphatic heterocycles. The number of rotatable bonds is 9. The lowest BCUT2D eigenvalue weighted by Gasteiger charge is -2.49. The van der Waals surface area contributed by atoms with E-state index in [1.165, 1.54) is 34.6 Å². The second kappa shape index (κ2) is 12.7. The Hall–Kier alpha value is -4.61. The van der Waals surface area contributed by atoms with Crippen molar-refractivity contribution in [3.05, 3.63) is 131 Å². The SMILES string of the molecule is Nc1ccnc(SC2=C(C(=O)OC(c3ccccc3)c3ccccc3)N3C(=O)C(NC(=O)Cc4ccccc4)[C@H]3SC2)n1. The van der Waals surface area contributed by atoms with Crippen LogP contribution in [0.4, 0.5) is 5.82 Å². The zero-order chi connectivity index (χ0) is 29.8. The molecule has 3 aromatic carbocycles. The number of nitrogens with zero attached hydrogens (tertiary/aromatic N) is 3. The Morgan fingerprint density at radius 1 is 0.977 bits per heavy atom. The maximum Gasteiger partial charge on any atom is 0.356 e. The molecule has 0 spiro atoms. The molecule has 6 rings (SSSR count). The van der Waals surface area contributed by atoms with Gasteiger partial charge in [0.2, 0.25) is 5.91 Å². The predicted molar refractivity (Wildman–Crippen MR) is 165 cm³/mol. The van der Waals surface area contributed by atoms with Crippen LogP contribution in [0.5, 0.6) is 0 Å². The Bertz CT molecular complexity index is 1630. The lowest BCUT2D eigenvalue weighted by Crippen LogP contribution is -2.70. The average Bonchev–Trinajstić information content (AvgIpc) is 3.03. The van der Waals surface area contributed by atoms with Gasteiger partial charge < -0.3 is 15.8 Å². The van der Waals surface area contributed by atoms with Crippen LogP contribution in [0.25, 0.3) is 0 Å². The molecule has 11 heteroatoms. The standard InChI is InChI=1S/C32H27N5O4S2/c33-24-16-17-34-32(35-24)43-23-19-42-30-26(36-25(38)18-20-10-4-1-5-11-20)29(39)37(30)27(23)31(40)41-28(21-12-6-2-7-13-21)22-14-8-3-9-15-22/h1-17,26,28,30H,18-19H2,(H,36,38)(H2,33,34,35)/t26?,30-/m1/s1. The number of benzene rings is 3. The van der Waals surface area contributed by atoms with Gasteiger partial charge in [0.1, 0.15) is 22.9 Å². The van der Waals surface area contributed by atoms with Crippen molar-refractivity contribution in [3.8, 4) is 0 Å². The Balaban J connectivity index is 1.29. The molecular formula is C32H27N5O4S2. The van der Waals surface area contributed by atoms with Crippen molar-refractivity contribution in [2.24, 2.45) is 0 Å². The molecule has 3 N–H and O–H groups in total. The molecule has 2 amide bonds. The minimum Gasteiger partial charge on any atom is -0.448 e. The van der Waals surface area contributed by atoms with Crippen molar-refractivity contribution in [2.45, 2.75) is 29.1 Å². The number of nitrogens with two attached hydrogens (primary N) is 1. The van der Waals surface area contributed by atoms with Gasteiger partial charge in [-0.05, 0) is 22.8 Å². The molecule has 9 nitrogen and oxygen atoms in total. The molecule has 4 aromatic rings. The first-order valence-electron chi connectivity index (χ1n) is 13.6. The highest BCUT2D eigenvalue weighted by Crippen LogP contribution is 2.45. The van der Waals surface area contributed by atoms with Gasteiger partial charge in [-0.1, -0.05) is 103 Å². The smallest absolute Gasteiger partial charge is 0.356 e. The summed E-state index contributed by atoms with van der Waals surface area (Å²) in [5.41, 5.74) is 8.42. The fraction of sp³-hybridized carbons (Fsp3) is 0.156. The summed E-state index contributed by atoms with van der Waals surface area (Å²) in [5.74, 6) is -0.629. The number of fused-ring (bicyclic) bond motifs is 1. The number of hydrogen-bond acceptors (Lipinski definition) is 9. The van der Waals surface area contributed by atoms with Gasteiger partial charge in [-0.15, -0.1) is 11.8 Å². The number of anilines is 1. The summed E-state index contributed by atoms with van der Waals surface area (Å²) in [7, 11) is 0. The van der Waals surface area contributed by atoms with E-state index in [-0.39, 0.29) is 29.8 Å². The summed E-state index contributed by atoms with van der Waals surface area (Å²) >= 11 is 2.62. The van der Waals surface area contributed by atoms with Gasteiger partial charge in [0, 0.05) is 16.9 Å². The third-order valence-electron chi connectivity index (χ3n) is 6.95. The Morgan fingerprint density at radius 2 is 1.60 bits per heavy atom. The molecule has 2 aliphatic rings. The van der Waals surface area contributed by atoms with Crippen LogP contribution in [-0.2, 0) is 25.5 Å². The minimum atomic E-state index is -0.766. The highest BCUT2D eigenvalue weighted by molar-refractivity contribution is 8.06. The number of amides is 2. The molecule has 43 heavy (non-hydrogen) atoms. The maximum absolute atomic E-state index is 14.1. The molecule has 1 fully saturated rings. The van der Waals surface area contributed by atoms with Crippen molar-refractivity contribution < 1.29 is 19.1 Å². The normalized spacial score (nSPS) is 17.7. The number of β-lactam (4-membered cyclic amide) rings is 1. The number of ether oxygens (including phenoxy) is 1. The summed E-state index contributed by atoms with van der Waals surface area (Å²) in [4.78, 5) is 51.0. The fourth-order valence-corrected chi connectivity index (χ4v) is 7.32. The Morgan fingerprint density at radius 3 is 2.23 bits per heavy atom. The summed E-state index contributed by atoms with van der Waals surface area (Å²) in [6.45, 7) is 0.